The van der Waals surface area contributed by atoms with Gasteiger partial charge in [-0.1, -0.05) is 27.7 Å². The van der Waals surface area contributed by atoms with Crippen molar-refractivity contribution in [2.75, 3.05) is 7.11 Å². The van der Waals surface area contributed by atoms with Crippen LogP contribution in [0.3, 0.4) is 0 Å². The highest BCUT2D eigenvalue weighted by Crippen LogP contribution is 2.83. The molecule has 2 aliphatic carbocycles. The van der Waals surface area contributed by atoms with Gasteiger partial charge >= 0.3 is 29.8 Å². The molecule has 5 rings (SSSR count). The topological polar surface area (TPSA) is 141 Å². The molecule has 36 heavy (non-hydrogen) atoms. The molecular weight excluding hydrogens is 476 g/mol. The number of ether oxygens (including phenoxy) is 6. The number of rotatable bonds is 4. The van der Waals surface area contributed by atoms with E-state index in [2.05, 4.69) is 0 Å². The number of methoxy groups -OCH3 is 1. The number of carbonyl (C=O) groups excluding carboxylic acids is 5. The summed E-state index contributed by atoms with van der Waals surface area (Å²) >= 11 is 0. The molecular formula is C25H32O11. The standard InChI is InChI=1S/C25H32O11/c1-10(18(28)31-7)13-8-9-23-16-14(32-11(2)26)15(22(4,5)6)24(23)17(33-12(3)27)19(29)35-21(24)36-25(13,23)20(30)34-16/h10,13-17,21H,8-9H2,1-7H3/t10?,13-,14-,15+,16?,17+,21+,23-,24+,25-/m1/s1. The summed E-state index contributed by atoms with van der Waals surface area (Å²) in [4.78, 5) is 64.3. The van der Waals surface area contributed by atoms with Crippen molar-refractivity contribution in [1.29, 1.82) is 0 Å². The highest BCUT2D eigenvalue weighted by Gasteiger charge is 2.98. The maximum atomic E-state index is 13.8. The second kappa shape index (κ2) is 7.43. The molecule has 0 aromatic heterocycles. The minimum atomic E-state index is -1.69. The quantitative estimate of drug-likeness (QED) is 0.401. The molecule has 5 aliphatic rings. The van der Waals surface area contributed by atoms with Crippen molar-refractivity contribution in [2.24, 2.45) is 34.0 Å². The van der Waals surface area contributed by atoms with Crippen molar-refractivity contribution < 1.29 is 52.4 Å². The number of esters is 5. The van der Waals surface area contributed by atoms with E-state index in [4.69, 9.17) is 28.4 Å². The summed E-state index contributed by atoms with van der Waals surface area (Å²) in [6.45, 7) is 9.85. The van der Waals surface area contributed by atoms with Crippen LogP contribution in [-0.4, -0.2) is 67.2 Å². The van der Waals surface area contributed by atoms with Crippen molar-refractivity contribution in [1.82, 2.24) is 0 Å². The third-order valence-electron chi connectivity index (χ3n) is 9.22. The Bertz CT molecular complexity index is 1060. The van der Waals surface area contributed by atoms with Gasteiger partial charge < -0.3 is 28.4 Å². The van der Waals surface area contributed by atoms with Gasteiger partial charge in [0.15, 0.2) is 5.60 Å². The maximum Gasteiger partial charge on any atom is 0.350 e. The molecule has 0 N–H and O–H groups in total. The average molecular weight is 509 g/mol. The first-order chi connectivity index (χ1) is 16.7. The van der Waals surface area contributed by atoms with Crippen LogP contribution in [0.2, 0.25) is 0 Å². The highest BCUT2D eigenvalue weighted by atomic mass is 16.8. The predicted molar refractivity (Wildman–Crippen MR) is 116 cm³/mol. The monoisotopic (exact) mass is 508 g/mol. The summed E-state index contributed by atoms with van der Waals surface area (Å²) in [5.41, 5.74) is -5.01. The zero-order valence-corrected chi connectivity index (χ0v) is 21.4. The molecule has 0 amide bonds. The van der Waals surface area contributed by atoms with Gasteiger partial charge in [0.2, 0.25) is 12.4 Å². The van der Waals surface area contributed by atoms with Crippen LogP contribution in [0.4, 0.5) is 0 Å². The van der Waals surface area contributed by atoms with Crippen LogP contribution in [0, 0.1) is 34.0 Å². The summed E-state index contributed by atoms with van der Waals surface area (Å²) in [5, 5.41) is 0. The fourth-order valence-corrected chi connectivity index (χ4v) is 8.61. The number of hydrogen-bond donors (Lipinski definition) is 0. The molecule has 0 bridgehead atoms. The first-order valence-corrected chi connectivity index (χ1v) is 12.2. The van der Waals surface area contributed by atoms with Crippen molar-refractivity contribution in [3.8, 4) is 0 Å². The fraction of sp³-hybridized carbons (Fsp3) is 0.800. The van der Waals surface area contributed by atoms with E-state index in [1.165, 1.54) is 21.0 Å². The van der Waals surface area contributed by atoms with Crippen molar-refractivity contribution in [3.05, 3.63) is 0 Å². The normalized spacial score (nSPS) is 44.8. The van der Waals surface area contributed by atoms with E-state index < -0.39 is 94.0 Å². The van der Waals surface area contributed by atoms with Crippen molar-refractivity contribution >= 4 is 29.8 Å². The van der Waals surface area contributed by atoms with E-state index in [-0.39, 0.29) is 0 Å². The Morgan fingerprint density at radius 2 is 1.69 bits per heavy atom. The first-order valence-electron chi connectivity index (χ1n) is 12.2. The van der Waals surface area contributed by atoms with Gasteiger partial charge in [0.25, 0.3) is 0 Å². The molecule has 10 atom stereocenters. The molecule has 2 spiro atoms. The molecule has 3 saturated heterocycles. The number of carbonyl (C=O) groups is 5. The van der Waals surface area contributed by atoms with Gasteiger partial charge in [-0.15, -0.1) is 0 Å². The largest absolute Gasteiger partial charge is 0.469 e. The lowest BCUT2D eigenvalue weighted by molar-refractivity contribution is -0.208. The highest BCUT2D eigenvalue weighted by molar-refractivity contribution is 5.91. The van der Waals surface area contributed by atoms with Crippen LogP contribution in [0.25, 0.3) is 0 Å². The minimum Gasteiger partial charge on any atom is -0.469 e. The van der Waals surface area contributed by atoms with Gasteiger partial charge in [0, 0.05) is 25.7 Å². The molecule has 2 saturated carbocycles. The molecule has 198 valence electrons. The van der Waals surface area contributed by atoms with Crippen molar-refractivity contribution in [3.63, 3.8) is 0 Å². The third kappa shape index (κ3) is 2.55. The molecule has 3 heterocycles. The van der Waals surface area contributed by atoms with E-state index in [9.17, 15) is 24.0 Å². The SMILES string of the molecule is COC(=O)C(C)[C@H]1CC[C@]23C4OC(=O)[C@]12O[C@@H]1OC(=O)[C@H](OC(C)=O)[C@@]13[C@H](C(C)(C)C)[C@H]4OC(C)=O. The Labute approximate surface area is 208 Å². The Hall–Kier alpha value is -2.69. The Kier molecular flexibility index (Phi) is 5.15. The fourth-order valence-electron chi connectivity index (χ4n) is 8.61. The molecule has 0 radical (unpaired) electrons. The molecule has 11 heteroatoms. The first kappa shape index (κ1) is 25.0. The van der Waals surface area contributed by atoms with Crippen LogP contribution in [-0.2, 0) is 52.4 Å². The Morgan fingerprint density at radius 1 is 1.06 bits per heavy atom. The second-order valence-corrected chi connectivity index (χ2v) is 11.7. The molecule has 0 aromatic rings. The lowest BCUT2D eigenvalue weighted by Crippen LogP contribution is -2.60. The van der Waals surface area contributed by atoms with Crippen LogP contribution < -0.4 is 0 Å². The van der Waals surface area contributed by atoms with Gasteiger partial charge in [-0.05, 0) is 18.3 Å². The van der Waals surface area contributed by atoms with E-state index in [1.54, 1.807) is 6.92 Å². The summed E-state index contributed by atoms with van der Waals surface area (Å²) in [7, 11) is 1.27. The van der Waals surface area contributed by atoms with Gasteiger partial charge in [0.1, 0.15) is 17.6 Å². The van der Waals surface area contributed by atoms with Crippen LogP contribution >= 0.6 is 0 Å². The van der Waals surface area contributed by atoms with E-state index in [0.29, 0.717) is 12.8 Å². The summed E-state index contributed by atoms with van der Waals surface area (Å²) in [5.74, 6) is -5.39. The summed E-state index contributed by atoms with van der Waals surface area (Å²) in [6.07, 6.45) is -3.98. The molecule has 11 nitrogen and oxygen atoms in total. The third-order valence-corrected chi connectivity index (χ3v) is 9.22. The molecule has 2 unspecified atom stereocenters. The van der Waals surface area contributed by atoms with Crippen LogP contribution in [0.5, 0.6) is 0 Å². The lowest BCUT2D eigenvalue weighted by Gasteiger charge is -2.46. The van der Waals surface area contributed by atoms with Gasteiger partial charge in [0.05, 0.1) is 18.4 Å². The molecule has 3 aliphatic heterocycles. The van der Waals surface area contributed by atoms with E-state index in [1.807, 2.05) is 20.8 Å². The summed E-state index contributed by atoms with van der Waals surface area (Å²) in [6, 6.07) is 0. The van der Waals surface area contributed by atoms with Gasteiger partial charge in [-0.3, -0.25) is 14.4 Å². The van der Waals surface area contributed by atoms with Gasteiger partial charge in [-0.25, -0.2) is 9.59 Å². The summed E-state index contributed by atoms with van der Waals surface area (Å²) < 4.78 is 34.7. The minimum absolute atomic E-state index is 0.296. The lowest BCUT2D eigenvalue weighted by atomic mass is 9.52. The Balaban J connectivity index is 1.82. The molecule has 0 aromatic carbocycles. The molecule has 5 fully saturated rings. The zero-order valence-electron chi connectivity index (χ0n) is 21.4. The van der Waals surface area contributed by atoms with Crippen LogP contribution in [0.1, 0.15) is 54.4 Å². The smallest absolute Gasteiger partial charge is 0.350 e. The van der Waals surface area contributed by atoms with Crippen LogP contribution in [0.15, 0.2) is 0 Å². The second-order valence-electron chi connectivity index (χ2n) is 11.7. The van der Waals surface area contributed by atoms with Gasteiger partial charge in [-0.2, -0.15) is 0 Å². The number of hydrogen-bond acceptors (Lipinski definition) is 11. The van der Waals surface area contributed by atoms with E-state index >= 15 is 0 Å². The predicted octanol–water partition coefficient (Wildman–Crippen LogP) is 1.29. The van der Waals surface area contributed by atoms with Crippen molar-refractivity contribution in [2.45, 2.75) is 84.6 Å². The van der Waals surface area contributed by atoms with E-state index in [0.717, 1.165) is 0 Å². The average Bonchev–Trinajstić information content (AvgIpc) is 3.44. The zero-order chi connectivity index (χ0) is 26.6. The maximum absolute atomic E-state index is 13.8. The Morgan fingerprint density at radius 3 is 2.25 bits per heavy atom.